The predicted molar refractivity (Wildman–Crippen MR) is 171 cm³/mol. The Morgan fingerprint density at radius 2 is 1.64 bits per heavy atom. The lowest BCUT2D eigenvalue weighted by molar-refractivity contribution is -0.159. The first-order valence-electron chi connectivity index (χ1n) is 16.4. The Morgan fingerprint density at radius 1 is 0.940 bits per heavy atom. The maximum atomic E-state index is 14.8. The highest BCUT2D eigenvalue weighted by Gasteiger charge is 2.56. The number of aliphatic hydroxyl groups excluding tert-OH is 1. The van der Waals surface area contributed by atoms with Gasteiger partial charge in [0.1, 0.15) is 18.1 Å². The number of anilines is 1. The van der Waals surface area contributed by atoms with Gasteiger partial charge >= 0.3 is 12.4 Å². The zero-order valence-electron chi connectivity index (χ0n) is 27.3. The van der Waals surface area contributed by atoms with Crippen molar-refractivity contribution in [2.24, 2.45) is 0 Å². The van der Waals surface area contributed by atoms with E-state index in [0.717, 1.165) is 48.4 Å². The van der Waals surface area contributed by atoms with E-state index in [1.165, 1.54) is 4.90 Å². The number of ether oxygens (including phenoxy) is 2. The number of hydrogen-bond acceptors (Lipinski definition) is 7. The van der Waals surface area contributed by atoms with Crippen LogP contribution in [0.1, 0.15) is 54.1 Å². The highest BCUT2D eigenvalue weighted by atomic mass is 19.4. The first kappa shape index (κ1) is 36.7. The number of pyridine rings is 1. The Morgan fingerprint density at radius 3 is 2.28 bits per heavy atom. The average Bonchev–Trinajstić information content (AvgIpc) is 3.10. The molecule has 9 nitrogen and oxygen atoms in total. The number of carbonyl (C=O) groups is 2. The molecule has 2 amide bonds. The molecule has 2 aliphatic heterocycles. The summed E-state index contributed by atoms with van der Waals surface area (Å²) in [6, 6.07) is 10.8. The van der Waals surface area contributed by atoms with Crippen LogP contribution in [0.2, 0.25) is 0 Å². The van der Waals surface area contributed by atoms with E-state index in [1.54, 1.807) is 24.0 Å². The topological polar surface area (TPSA) is 95.4 Å². The number of alkyl halides is 6. The fraction of sp³-hybridized carbons (Fsp3) is 0.457. The molecule has 270 valence electrons. The van der Waals surface area contributed by atoms with Crippen LogP contribution in [0.3, 0.4) is 0 Å². The van der Waals surface area contributed by atoms with Crippen LogP contribution in [0, 0.1) is 0 Å². The number of benzene rings is 2. The molecule has 0 spiro atoms. The summed E-state index contributed by atoms with van der Waals surface area (Å²) in [5.74, 6) is -0.977. The van der Waals surface area contributed by atoms with Gasteiger partial charge in [0.05, 0.1) is 35.0 Å². The minimum absolute atomic E-state index is 0.0273. The molecule has 3 aromatic rings. The van der Waals surface area contributed by atoms with Gasteiger partial charge in [0, 0.05) is 51.5 Å². The quantitative estimate of drug-likeness (QED) is 0.256. The molecule has 1 N–H and O–H groups in total. The second-order valence-corrected chi connectivity index (χ2v) is 12.2. The number of amides is 2. The van der Waals surface area contributed by atoms with Crippen LogP contribution in [0.5, 0.6) is 11.5 Å². The van der Waals surface area contributed by atoms with Crippen molar-refractivity contribution in [1.82, 2.24) is 14.8 Å². The summed E-state index contributed by atoms with van der Waals surface area (Å²) in [7, 11) is 0. The van der Waals surface area contributed by atoms with Gasteiger partial charge in [0.15, 0.2) is 0 Å². The lowest BCUT2D eigenvalue weighted by Crippen LogP contribution is -2.69. The van der Waals surface area contributed by atoms with Crippen LogP contribution in [-0.4, -0.2) is 89.3 Å². The maximum absolute atomic E-state index is 14.8. The summed E-state index contributed by atoms with van der Waals surface area (Å²) in [4.78, 5) is 37.4. The molecule has 0 radical (unpaired) electrons. The van der Waals surface area contributed by atoms with Crippen LogP contribution in [-0.2, 0) is 17.1 Å². The van der Waals surface area contributed by atoms with Gasteiger partial charge in [-0.25, -0.2) is 0 Å². The van der Waals surface area contributed by atoms with Gasteiger partial charge in [0.25, 0.3) is 11.8 Å². The van der Waals surface area contributed by atoms with Crippen LogP contribution in [0.25, 0.3) is 0 Å². The number of piperidine rings is 1. The van der Waals surface area contributed by atoms with Crippen LogP contribution >= 0.6 is 0 Å². The summed E-state index contributed by atoms with van der Waals surface area (Å²) in [6.45, 7) is 2.90. The van der Waals surface area contributed by atoms with Crippen LogP contribution < -0.4 is 14.4 Å². The van der Waals surface area contributed by atoms with Gasteiger partial charge in [-0.15, -0.1) is 0 Å². The first-order valence-corrected chi connectivity index (χ1v) is 16.4. The normalized spacial score (nSPS) is 20.1. The molecule has 2 fully saturated rings. The van der Waals surface area contributed by atoms with Crippen LogP contribution in [0.15, 0.2) is 67.0 Å². The Hall–Kier alpha value is -4.53. The third kappa shape index (κ3) is 7.77. The van der Waals surface area contributed by atoms with E-state index < -0.39 is 52.5 Å². The van der Waals surface area contributed by atoms with Crippen molar-refractivity contribution in [2.45, 2.75) is 56.6 Å². The molecule has 0 unspecified atom stereocenters. The number of nitrogens with zero attached hydrogens (tertiary/aromatic N) is 4. The fourth-order valence-electron chi connectivity index (χ4n) is 6.71. The summed E-state index contributed by atoms with van der Waals surface area (Å²) >= 11 is 0. The number of hydrogen-bond donors (Lipinski definition) is 1. The van der Waals surface area contributed by atoms with Gasteiger partial charge in [-0.2, -0.15) is 26.3 Å². The van der Waals surface area contributed by atoms with E-state index in [4.69, 9.17) is 9.47 Å². The number of halogens is 6. The second kappa shape index (κ2) is 15.2. The van der Waals surface area contributed by atoms with Crippen molar-refractivity contribution in [3.63, 3.8) is 0 Å². The molecule has 50 heavy (non-hydrogen) atoms. The first-order chi connectivity index (χ1) is 23.8. The van der Waals surface area contributed by atoms with Crippen molar-refractivity contribution >= 4 is 17.5 Å². The zero-order valence-corrected chi connectivity index (χ0v) is 27.3. The van der Waals surface area contributed by atoms with Gasteiger partial charge in [-0.3, -0.25) is 14.6 Å². The SMILES string of the molecule is CCC[C@@H]1N(C(=O)c2cnccc2C(F)(F)F)CCC[C@]1(Oc1ccc(C(F)(F)F)cc1)C(=O)N1CCN(c2ccccc2OCCO)CC1. The molecule has 5 rings (SSSR count). The van der Waals surface area contributed by atoms with E-state index in [2.05, 4.69) is 4.98 Å². The predicted octanol–water partition coefficient (Wildman–Crippen LogP) is 6.06. The maximum Gasteiger partial charge on any atom is 0.417 e. The van der Waals surface area contributed by atoms with Crippen molar-refractivity contribution in [3.8, 4) is 11.5 Å². The van der Waals surface area contributed by atoms with Crippen molar-refractivity contribution < 1.29 is 50.5 Å². The van der Waals surface area contributed by atoms with Gasteiger partial charge < -0.3 is 29.3 Å². The molecule has 2 atom stereocenters. The lowest BCUT2D eigenvalue weighted by Gasteiger charge is -2.51. The van der Waals surface area contributed by atoms with Gasteiger partial charge in [-0.05, 0) is 55.3 Å². The largest absolute Gasteiger partial charge is 0.489 e. The van der Waals surface area contributed by atoms with Gasteiger partial charge in [0.2, 0.25) is 5.60 Å². The monoisotopic (exact) mass is 708 g/mol. The second-order valence-electron chi connectivity index (χ2n) is 12.2. The lowest BCUT2D eigenvalue weighted by atomic mass is 9.79. The van der Waals surface area contributed by atoms with Gasteiger partial charge in [-0.1, -0.05) is 25.5 Å². The van der Waals surface area contributed by atoms with Crippen molar-refractivity contribution in [1.29, 1.82) is 0 Å². The molecule has 2 saturated heterocycles. The minimum atomic E-state index is -4.85. The zero-order chi connectivity index (χ0) is 36.1. The Balaban J connectivity index is 1.50. The van der Waals surface area contributed by atoms with Crippen LogP contribution in [0.4, 0.5) is 32.0 Å². The molecule has 0 aliphatic carbocycles. The molecule has 0 bridgehead atoms. The van der Waals surface area contributed by atoms with Crippen molar-refractivity contribution in [2.75, 3.05) is 50.8 Å². The van der Waals surface area contributed by atoms with E-state index >= 15 is 0 Å². The molecule has 2 aliphatic rings. The molecule has 0 saturated carbocycles. The molecule has 2 aromatic carbocycles. The Bertz CT molecular complexity index is 1630. The highest BCUT2D eigenvalue weighted by Crippen LogP contribution is 2.41. The Kier molecular flexibility index (Phi) is 11.1. The smallest absolute Gasteiger partial charge is 0.417 e. The number of para-hydroxylation sites is 2. The summed E-state index contributed by atoms with van der Waals surface area (Å²) in [6.07, 6.45) is -6.86. The third-order valence-electron chi connectivity index (χ3n) is 9.01. The van der Waals surface area contributed by atoms with E-state index in [-0.39, 0.29) is 57.9 Å². The number of rotatable bonds is 10. The number of aromatic nitrogens is 1. The summed E-state index contributed by atoms with van der Waals surface area (Å²) in [5.41, 5.74) is -3.83. The van der Waals surface area contributed by atoms with E-state index in [9.17, 15) is 41.0 Å². The molecular weight excluding hydrogens is 670 g/mol. The summed E-state index contributed by atoms with van der Waals surface area (Å²) in [5, 5.41) is 9.23. The van der Waals surface area contributed by atoms with E-state index in [1.807, 2.05) is 17.0 Å². The fourth-order valence-corrected chi connectivity index (χ4v) is 6.71. The highest BCUT2D eigenvalue weighted by molar-refractivity contribution is 5.97. The molecular formula is C35H38F6N4O5. The van der Waals surface area contributed by atoms with Crippen molar-refractivity contribution in [3.05, 3.63) is 83.7 Å². The summed E-state index contributed by atoms with van der Waals surface area (Å²) < 4.78 is 94.3. The number of aliphatic hydroxyl groups is 1. The number of likely N-dealkylation sites (tertiary alicyclic amines) is 1. The minimum Gasteiger partial charge on any atom is -0.489 e. The number of carbonyl (C=O) groups excluding carboxylic acids is 2. The molecule has 15 heteroatoms. The standard InChI is InChI=1S/C35H38F6N4O5/c1-2-6-30-33(50-25-11-9-24(10-12-25)34(36,37)38,14-5-16-45(30)31(47)26-23-42-15-13-27(26)35(39,40)41)32(48)44-19-17-43(18-20-44)28-7-3-4-8-29(28)49-22-21-46/h3-4,7-13,15,23,30,46H,2,5-6,14,16-22H2,1H3/t30-,33+/m0/s1. The number of piperazine rings is 1. The molecule has 3 heterocycles. The molecule has 1 aromatic heterocycles. The Labute approximate surface area is 285 Å². The average molecular weight is 709 g/mol. The van der Waals surface area contributed by atoms with E-state index in [0.29, 0.717) is 25.3 Å². The third-order valence-corrected chi connectivity index (χ3v) is 9.01.